The molecule has 0 amide bonds. The van der Waals surface area contributed by atoms with Crippen LogP contribution in [0.4, 0.5) is 0 Å². The topological polar surface area (TPSA) is 28.7 Å². The third kappa shape index (κ3) is 3.46. The van der Waals surface area contributed by atoms with E-state index in [0.717, 1.165) is 12.2 Å². The zero-order valence-electron chi connectivity index (χ0n) is 6.58. The number of hydrogen-bond donors (Lipinski definition) is 2. The van der Waals surface area contributed by atoms with Crippen LogP contribution in [0.5, 0.6) is 0 Å². The van der Waals surface area contributed by atoms with Crippen LogP contribution >= 0.6 is 12.6 Å². The standard InChI is InChI=1S/C8H14N2S/c11-7-3-1-2-4-8-5-6-9-10-8/h5-6,11H,1-4,7H2,(H,9,10). The second kappa shape index (κ2) is 5.24. The van der Waals surface area contributed by atoms with Crippen LogP contribution in [0.15, 0.2) is 12.3 Å². The Morgan fingerprint density at radius 2 is 2.27 bits per heavy atom. The average Bonchev–Trinajstić information content (AvgIpc) is 2.50. The largest absolute Gasteiger partial charge is 0.283 e. The highest BCUT2D eigenvalue weighted by Crippen LogP contribution is 2.03. The Labute approximate surface area is 72.8 Å². The van der Waals surface area contributed by atoms with Gasteiger partial charge in [0.1, 0.15) is 0 Å². The molecule has 0 atom stereocenters. The monoisotopic (exact) mass is 170 g/mol. The molecule has 1 N–H and O–H groups in total. The summed E-state index contributed by atoms with van der Waals surface area (Å²) in [6.07, 6.45) is 6.64. The van der Waals surface area contributed by atoms with E-state index >= 15 is 0 Å². The van der Waals surface area contributed by atoms with Gasteiger partial charge >= 0.3 is 0 Å². The number of aryl methyl sites for hydroxylation is 1. The fraction of sp³-hybridized carbons (Fsp3) is 0.625. The summed E-state index contributed by atoms with van der Waals surface area (Å²) < 4.78 is 0. The number of aromatic amines is 1. The van der Waals surface area contributed by atoms with Crippen molar-refractivity contribution in [2.75, 3.05) is 5.75 Å². The maximum atomic E-state index is 4.15. The third-order valence-corrected chi connectivity index (χ3v) is 1.98. The molecular weight excluding hydrogens is 156 g/mol. The fourth-order valence-electron chi connectivity index (χ4n) is 1.03. The SMILES string of the molecule is SCCCCCc1ccn[nH]1. The zero-order valence-corrected chi connectivity index (χ0v) is 7.48. The first-order valence-electron chi connectivity index (χ1n) is 4.02. The Morgan fingerprint density at radius 1 is 1.36 bits per heavy atom. The molecule has 1 heterocycles. The van der Waals surface area contributed by atoms with Crippen LogP contribution in [0.3, 0.4) is 0 Å². The molecule has 0 aliphatic rings. The Bertz CT molecular complexity index is 172. The fourth-order valence-corrected chi connectivity index (χ4v) is 1.25. The number of nitrogens with one attached hydrogen (secondary N) is 1. The molecule has 0 spiro atoms. The first-order chi connectivity index (χ1) is 5.43. The van der Waals surface area contributed by atoms with Crippen LogP contribution in [0.1, 0.15) is 25.0 Å². The van der Waals surface area contributed by atoms with Gasteiger partial charge in [-0.15, -0.1) is 0 Å². The average molecular weight is 170 g/mol. The van der Waals surface area contributed by atoms with E-state index < -0.39 is 0 Å². The molecule has 3 heteroatoms. The highest BCUT2D eigenvalue weighted by molar-refractivity contribution is 7.80. The van der Waals surface area contributed by atoms with Gasteiger partial charge in [0.15, 0.2) is 0 Å². The number of unbranched alkanes of at least 4 members (excludes halogenated alkanes) is 2. The van der Waals surface area contributed by atoms with Crippen molar-refractivity contribution in [1.29, 1.82) is 0 Å². The van der Waals surface area contributed by atoms with E-state index in [0.29, 0.717) is 0 Å². The van der Waals surface area contributed by atoms with Gasteiger partial charge in [-0.05, 0) is 31.1 Å². The maximum Gasteiger partial charge on any atom is 0.0490 e. The van der Waals surface area contributed by atoms with Gasteiger partial charge in [0, 0.05) is 11.9 Å². The quantitative estimate of drug-likeness (QED) is 0.514. The van der Waals surface area contributed by atoms with Gasteiger partial charge in [-0.1, -0.05) is 6.42 Å². The Balaban J connectivity index is 2.04. The molecule has 0 aliphatic carbocycles. The van der Waals surface area contributed by atoms with Crippen LogP contribution in [0, 0.1) is 0 Å². The van der Waals surface area contributed by atoms with Crippen molar-refractivity contribution in [1.82, 2.24) is 10.2 Å². The minimum absolute atomic E-state index is 1.00. The molecule has 11 heavy (non-hydrogen) atoms. The van der Waals surface area contributed by atoms with Crippen LogP contribution < -0.4 is 0 Å². The van der Waals surface area contributed by atoms with E-state index in [9.17, 15) is 0 Å². The molecule has 0 aromatic carbocycles. The summed E-state index contributed by atoms with van der Waals surface area (Å²) in [6, 6.07) is 2.03. The van der Waals surface area contributed by atoms with Gasteiger partial charge in [0.05, 0.1) is 0 Å². The summed E-state index contributed by atoms with van der Waals surface area (Å²) in [5.41, 5.74) is 1.24. The molecule has 2 nitrogen and oxygen atoms in total. The normalized spacial score (nSPS) is 10.3. The van der Waals surface area contributed by atoms with Crippen LogP contribution in [-0.2, 0) is 6.42 Å². The number of H-pyrrole nitrogens is 1. The highest BCUT2D eigenvalue weighted by Gasteiger charge is 1.92. The minimum atomic E-state index is 1.00. The third-order valence-electron chi connectivity index (χ3n) is 1.66. The molecule has 0 unspecified atom stereocenters. The van der Waals surface area contributed by atoms with E-state index in [1.807, 2.05) is 6.07 Å². The molecule has 0 bridgehead atoms. The molecule has 1 aromatic rings. The molecular formula is C8H14N2S. The van der Waals surface area contributed by atoms with Gasteiger partial charge in [-0.2, -0.15) is 17.7 Å². The first-order valence-corrected chi connectivity index (χ1v) is 4.66. The molecule has 0 fully saturated rings. The van der Waals surface area contributed by atoms with E-state index in [-0.39, 0.29) is 0 Å². The number of hydrogen-bond acceptors (Lipinski definition) is 2. The van der Waals surface area contributed by atoms with Crippen molar-refractivity contribution in [3.05, 3.63) is 18.0 Å². The van der Waals surface area contributed by atoms with Crippen LogP contribution in [0.2, 0.25) is 0 Å². The van der Waals surface area contributed by atoms with Crippen molar-refractivity contribution >= 4 is 12.6 Å². The van der Waals surface area contributed by atoms with Crippen LogP contribution in [0.25, 0.3) is 0 Å². The first kappa shape index (κ1) is 8.65. The van der Waals surface area contributed by atoms with Gasteiger partial charge in [0.25, 0.3) is 0 Å². The number of thiol groups is 1. The minimum Gasteiger partial charge on any atom is -0.283 e. The Morgan fingerprint density at radius 3 is 2.91 bits per heavy atom. The molecule has 0 saturated heterocycles. The van der Waals surface area contributed by atoms with Gasteiger partial charge < -0.3 is 0 Å². The summed E-state index contributed by atoms with van der Waals surface area (Å²) >= 11 is 4.15. The number of nitrogens with zero attached hydrogens (tertiary/aromatic N) is 1. The van der Waals surface area contributed by atoms with Crippen LogP contribution in [-0.4, -0.2) is 16.0 Å². The van der Waals surface area contributed by atoms with E-state index in [1.165, 1.54) is 25.0 Å². The van der Waals surface area contributed by atoms with Crippen molar-refractivity contribution in [2.45, 2.75) is 25.7 Å². The molecule has 1 aromatic heterocycles. The molecule has 62 valence electrons. The lowest BCUT2D eigenvalue weighted by Crippen LogP contribution is -1.86. The smallest absolute Gasteiger partial charge is 0.0490 e. The second-order valence-electron chi connectivity index (χ2n) is 2.62. The number of aromatic nitrogens is 2. The molecule has 1 rings (SSSR count). The van der Waals surface area contributed by atoms with Gasteiger partial charge in [-0.25, -0.2) is 0 Å². The van der Waals surface area contributed by atoms with E-state index in [1.54, 1.807) is 6.20 Å². The van der Waals surface area contributed by atoms with Crippen molar-refractivity contribution in [3.63, 3.8) is 0 Å². The number of rotatable bonds is 5. The maximum absolute atomic E-state index is 4.15. The van der Waals surface area contributed by atoms with Gasteiger partial charge in [-0.3, -0.25) is 5.10 Å². The summed E-state index contributed by atoms with van der Waals surface area (Å²) in [4.78, 5) is 0. The molecule has 0 saturated carbocycles. The second-order valence-corrected chi connectivity index (χ2v) is 3.06. The molecule has 0 aliphatic heterocycles. The summed E-state index contributed by atoms with van der Waals surface area (Å²) in [5, 5.41) is 6.83. The van der Waals surface area contributed by atoms with E-state index in [2.05, 4.69) is 22.8 Å². The summed E-state index contributed by atoms with van der Waals surface area (Å²) in [5.74, 6) is 1.00. The van der Waals surface area contributed by atoms with Crippen molar-refractivity contribution in [2.24, 2.45) is 0 Å². The highest BCUT2D eigenvalue weighted by atomic mass is 32.1. The Hall–Kier alpha value is -0.440. The lowest BCUT2D eigenvalue weighted by molar-refractivity contribution is 0.710. The Kier molecular flexibility index (Phi) is 4.12. The summed E-state index contributed by atoms with van der Waals surface area (Å²) in [7, 11) is 0. The van der Waals surface area contributed by atoms with Crippen molar-refractivity contribution < 1.29 is 0 Å². The predicted octanol–water partition coefficient (Wildman–Crippen LogP) is 2.05. The van der Waals surface area contributed by atoms with E-state index in [4.69, 9.17) is 0 Å². The zero-order chi connectivity index (χ0) is 7.94. The lowest BCUT2D eigenvalue weighted by atomic mass is 10.2. The van der Waals surface area contributed by atoms with Crippen molar-refractivity contribution in [3.8, 4) is 0 Å². The van der Waals surface area contributed by atoms with Gasteiger partial charge in [0.2, 0.25) is 0 Å². The lowest BCUT2D eigenvalue weighted by Gasteiger charge is -1.95. The molecule has 0 radical (unpaired) electrons. The predicted molar refractivity (Wildman–Crippen MR) is 50.0 cm³/mol. The summed E-state index contributed by atoms with van der Waals surface area (Å²) in [6.45, 7) is 0.